The number of carboxylic acid groups (broad SMARTS) is 1. The van der Waals surface area contributed by atoms with E-state index in [-0.39, 0.29) is 25.5 Å². The molecule has 0 aliphatic carbocycles. The van der Waals surface area contributed by atoms with Crippen molar-refractivity contribution in [1.82, 2.24) is 9.80 Å². The molecule has 1 amide bonds. The van der Waals surface area contributed by atoms with Crippen LogP contribution in [0.3, 0.4) is 0 Å². The Balaban J connectivity index is 2.25. The lowest BCUT2D eigenvalue weighted by Crippen LogP contribution is -2.37. The fourth-order valence-electron chi connectivity index (χ4n) is 2.06. The van der Waals surface area contributed by atoms with Gasteiger partial charge in [-0.3, -0.25) is 14.5 Å². The topological polar surface area (TPSA) is 70.1 Å². The first-order valence-corrected chi connectivity index (χ1v) is 6.57. The molecule has 0 spiro atoms. The standard InChI is InChI=1S/C12H20F2N2O4/c13-10(14)9-20-7-2-11(17)16-4-1-3-15(5-6-16)8-12(18)19/h10H,1-9H2,(H,18,19). The SMILES string of the molecule is O=C(O)CN1CCCN(C(=O)CCOCC(F)F)CC1. The van der Waals surface area contributed by atoms with Crippen LogP contribution < -0.4 is 0 Å². The summed E-state index contributed by atoms with van der Waals surface area (Å²) in [5.41, 5.74) is 0. The second kappa shape index (κ2) is 8.80. The van der Waals surface area contributed by atoms with Gasteiger partial charge in [-0.05, 0) is 6.42 Å². The van der Waals surface area contributed by atoms with E-state index >= 15 is 0 Å². The Morgan fingerprint density at radius 3 is 2.60 bits per heavy atom. The molecule has 0 bridgehead atoms. The molecule has 0 atom stereocenters. The van der Waals surface area contributed by atoms with E-state index in [1.54, 1.807) is 9.80 Å². The minimum atomic E-state index is -2.52. The number of amides is 1. The van der Waals surface area contributed by atoms with Crippen LogP contribution in [0.4, 0.5) is 8.78 Å². The summed E-state index contributed by atoms with van der Waals surface area (Å²) in [5.74, 6) is -1.03. The zero-order chi connectivity index (χ0) is 15.0. The van der Waals surface area contributed by atoms with Gasteiger partial charge in [0.2, 0.25) is 5.91 Å². The van der Waals surface area contributed by atoms with Crippen LogP contribution in [0.1, 0.15) is 12.8 Å². The lowest BCUT2D eigenvalue weighted by molar-refractivity contribution is -0.138. The van der Waals surface area contributed by atoms with Crippen LogP contribution in [0.25, 0.3) is 0 Å². The van der Waals surface area contributed by atoms with Crippen molar-refractivity contribution >= 4 is 11.9 Å². The zero-order valence-corrected chi connectivity index (χ0v) is 11.3. The number of carbonyl (C=O) groups is 2. The normalized spacial score (nSPS) is 17.2. The summed E-state index contributed by atoms with van der Waals surface area (Å²) in [7, 11) is 0. The van der Waals surface area contributed by atoms with Gasteiger partial charge in [-0.1, -0.05) is 0 Å². The summed E-state index contributed by atoms with van der Waals surface area (Å²) >= 11 is 0. The van der Waals surface area contributed by atoms with E-state index in [2.05, 4.69) is 4.74 Å². The van der Waals surface area contributed by atoms with Crippen molar-refractivity contribution in [3.05, 3.63) is 0 Å². The molecule has 0 aromatic heterocycles. The van der Waals surface area contributed by atoms with E-state index in [4.69, 9.17) is 5.11 Å². The second-order valence-electron chi connectivity index (χ2n) is 4.62. The summed E-state index contributed by atoms with van der Waals surface area (Å²) in [6, 6.07) is 0. The van der Waals surface area contributed by atoms with Crippen molar-refractivity contribution < 1.29 is 28.2 Å². The molecule has 0 radical (unpaired) electrons. The number of rotatable bonds is 7. The Morgan fingerprint density at radius 2 is 1.95 bits per heavy atom. The molecule has 0 saturated carbocycles. The Kier molecular flexibility index (Phi) is 7.38. The third-order valence-corrected chi connectivity index (χ3v) is 3.00. The molecule has 0 unspecified atom stereocenters. The maximum Gasteiger partial charge on any atom is 0.317 e. The molecule has 116 valence electrons. The lowest BCUT2D eigenvalue weighted by Gasteiger charge is -2.21. The summed E-state index contributed by atoms with van der Waals surface area (Å²) < 4.78 is 28.4. The first-order chi connectivity index (χ1) is 9.49. The summed E-state index contributed by atoms with van der Waals surface area (Å²) in [6.45, 7) is 1.47. The number of carbonyl (C=O) groups excluding carboxylic acids is 1. The molecule has 0 aromatic carbocycles. The van der Waals surface area contributed by atoms with E-state index in [1.165, 1.54) is 0 Å². The van der Waals surface area contributed by atoms with Crippen LogP contribution in [0, 0.1) is 0 Å². The average Bonchev–Trinajstić information content (AvgIpc) is 2.59. The zero-order valence-electron chi connectivity index (χ0n) is 11.3. The third kappa shape index (κ3) is 6.76. The summed E-state index contributed by atoms with van der Waals surface area (Å²) in [6.07, 6.45) is -1.74. The van der Waals surface area contributed by atoms with Crippen molar-refractivity contribution in [1.29, 1.82) is 0 Å². The van der Waals surface area contributed by atoms with Gasteiger partial charge in [-0.25, -0.2) is 8.78 Å². The highest BCUT2D eigenvalue weighted by Gasteiger charge is 2.20. The number of aliphatic carboxylic acids is 1. The van der Waals surface area contributed by atoms with Crippen molar-refractivity contribution in [3.63, 3.8) is 0 Å². The molecule has 8 heteroatoms. The Hall–Kier alpha value is -1.28. The van der Waals surface area contributed by atoms with Gasteiger partial charge in [0.1, 0.15) is 6.61 Å². The highest BCUT2D eigenvalue weighted by Crippen LogP contribution is 2.05. The minimum absolute atomic E-state index is 0.0154. The van der Waals surface area contributed by atoms with Crippen LogP contribution in [0.5, 0.6) is 0 Å². The molecule has 20 heavy (non-hydrogen) atoms. The largest absolute Gasteiger partial charge is 0.480 e. The number of carboxylic acids is 1. The van der Waals surface area contributed by atoms with E-state index in [0.717, 1.165) is 0 Å². The highest BCUT2D eigenvalue weighted by molar-refractivity contribution is 5.76. The highest BCUT2D eigenvalue weighted by atomic mass is 19.3. The lowest BCUT2D eigenvalue weighted by atomic mass is 10.3. The maximum absolute atomic E-state index is 11.8. The van der Waals surface area contributed by atoms with Crippen molar-refractivity contribution in [2.45, 2.75) is 19.3 Å². The molecular weight excluding hydrogens is 274 g/mol. The van der Waals surface area contributed by atoms with E-state index in [1.807, 2.05) is 0 Å². The molecule has 1 aliphatic heterocycles. The molecule has 0 aromatic rings. The third-order valence-electron chi connectivity index (χ3n) is 3.00. The molecule has 1 aliphatic rings. The Labute approximate surface area is 116 Å². The number of halogens is 2. The van der Waals surface area contributed by atoms with Crippen molar-refractivity contribution in [3.8, 4) is 0 Å². The van der Waals surface area contributed by atoms with Crippen molar-refractivity contribution in [2.75, 3.05) is 45.9 Å². The number of hydrogen-bond acceptors (Lipinski definition) is 4. The van der Waals surface area contributed by atoms with Gasteiger partial charge in [0.05, 0.1) is 19.6 Å². The minimum Gasteiger partial charge on any atom is -0.480 e. The first-order valence-electron chi connectivity index (χ1n) is 6.57. The number of ether oxygens (including phenoxy) is 1. The molecule has 1 N–H and O–H groups in total. The van der Waals surface area contributed by atoms with Crippen LogP contribution in [-0.4, -0.2) is 79.1 Å². The van der Waals surface area contributed by atoms with E-state index in [9.17, 15) is 18.4 Å². The first kappa shape index (κ1) is 16.8. The van der Waals surface area contributed by atoms with Crippen LogP contribution in [-0.2, 0) is 14.3 Å². The van der Waals surface area contributed by atoms with Gasteiger partial charge in [0.25, 0.3) is 6.43 Å². The average molecular weight is 294 g/mol. The molecule has 1 saturated heterocycles. The van der Waals surface area contributed by atoms with Crippen molar-refractivity contribution in [2.24, 2.45) is 0 Å². The van der Waals surface area contributed by atoms with Gasteiger partial charge >= 0.3 is 5.97 Å². The van der Waals surface area contributed by atoms with Gasteiger partial charge in [-0.15, -0.1) is 0 Å². The Bertz CT molecular complexity index is 329. The van der Waals surface area contributed by atoms with Gasteiger partial charge in [0, 0.05) is 26.2 Å². The van der Waals surface area contributed by atoms with Gasteiger partial charge in [-0.2, -0.15) is 0 Å². The molecule has 1 heterocycles. The molecule has 6 nitrogen and oxygen atoms in total. The fraction of sp³-hybridized carbons (Fsp3) is 0.833. The van der Waals surface area contributed by atoms with Crippen LogP contribution >= 0.6 is 0 Å². The molecular formula is C12H20F2N2O4. The quantitative estimate of drug-likeness (QED) is 0.683. The van der Waals surface area contributed by atoms with E-state index < -0.39 is 19.0 Å². The molecule has 1 rings (SSSR count). The van der Waals surface area contributed by atoms with Crippen LogP contribution in [0.2, 0.25) is 0 Å². The van der Waals surface area contributed by atoms with Gasteiger partial charge in [0.15, 0.2) is 0 Å². The monoisotopic (exact) mass is 294 g/mol. The maximum atomic E-state index is 11.8. The number of hydrogen-bond donors (Lipinski definition) is 1. The number of nitrogens with zero attached hydrogens (tertiary/aromatic N) is 2. The summed E-state index contributed by atoms with van der Waals surface area (Å²) in [4.78, 5) is 25.9. The predicted octanol–water partition coefficient (Wildman–Crippen LogP) is 0.277. The predicted molar refractivity (Wildman–Crippen MR) is 66.7 cm³/mol. The Morgan fingerprint density at radius 1 is 1.20 bits per heavy atom. The van der Waals surface area contributed by atoms with E-state index in [0.29, 0.717) is 32.6 Å². The summed E-state index contributed by atoms with van der Waals surface area (Å²) in [5, 5.41) is 8.72. The van der Waals surface area contributed by atoms with Crippen LogP contribution in [0.15, 0.2) is 0 Å². The smallest absolute Gasteiger partial charge is 0.317 e. The number of alkyl halides is 2. The van der Waals surface area contributed by atoms with Gasteiger partial charge < -0.3 is 14.7 Å². The fourth-order valence-corrected chi connectivity index (χ4v) is 2.06. The second-order valence-corrected chi connectivity index (χ2v) is 4.62. The molecule has 1 fully saturated rings.